The van der Waals surface area contributed by atoms with Crippen molar-refractivity contribution in [1.82, 2.24) is 0 Å². The number of alkyl halides is 3. The molecule has 1 N–H and O–H groups in total. The van der Waals surface area contributed by atoms with E-state index in [2.05, 4.69) is 4.74 Å². The van der Waals surface area contributed by atoms with Crippen molar-refractivity contribution in [1.29, 1.82) is 0 Å². The second-order valence-electron chi connectivity index (χ2n) is 7.14. The lowest BCUT2D eigenvalue weighted by Crippen LogP contribution is -2.36. The molecule has 0 radical (unpaired) electrons. The summed E-state index contributed by atoms with van der Waals surface area (Å²) in [6.07, 6.45) is -7.09. The minimum absolute atomic E-state index is 0.0302. The molecule has 0 bridgehead atoms. The first kappa shape index (κ1) is 20.6. The molecule has 31 heavy (non-hydrogen) atoms. The first-order valence-corrected chi connectivity index (χ1v) is 10.7. The lowest BCUT2D eigenvalue weighted by Gasteiger charge is -2.20. The molecule has 0 saturated carbocycles. The van der Waals surface area contributed by atoms with Gasteiger partial charge in [0.2, 0.25) is 0 Å². The van der Waals surface area contributed by atoms with E-state index in [-0.39, 0.29) is 29.0 Å². The van der Waals surface area contributed by atoms with Crippen LogP contribution < -0.4 is 9.47 Å². The summed E-state index contributed by atoms with van der Waals surface area (Å²) in [5.74, 6) is -2.48. The van der Waals surface area contributed by atoms with Gasteiger partial charge < -0.3 is 24.1 Å². The number of sulfone groups is 1. The van der Waals surface area contributed by atoms with E-state index in [1.54, 1.807) is 13.8 Å². The van der Waals surface area contributed by atoms with Crippen LogP contribution in [0.1, 0.15) is 16.6 Å². The standard InChI is InChI=1S/C20H21F3O7S/c1-19(2)27-11-18(30-19)17(24)12-31(25,26)16-9-7-14(8-10-16)28-13-3-5-15(6-4-13)29-20(21,22)23/h3-10,17-18,24H,11-12H2,1-2H3/t17?,18-/m1/s1/i3T,7T. The van der Waals surface area contributed by atoms with Crippen LogP contribution in [0.4, 0.5) is 13.2 Å². The summed E-state index contributed by atoms with van der Waals surface area (Å²) < 4.78 is 97.9. The van der Waals surface area contributed by atoms with Gasteiger partial charge in [-0.15, -0.1) is 13.2 Å². The smallest absolute Gasteiger partial charge is 0.457 e. The van der Waals surface area contributed by atoms with Crippen LogP contribution in [0.15, 0.2) is 53.4 Å². The van der Waals surface area contributed by atoms with Gasteiger partial charge in [0.15, 0.2) is 15.6 Å². The zero-order valence-electron chi connectivity index (χ0n) is 18.5. The molecule has 1 heterocycles. The third kappa shape index (κ3) is 6.57. The average molecular weight is 466 g/mol. The van der Waals surface area contributed by atoms with E-state index in [1.807, 2.05) is 0 Å². The van der Waals surface area contributed by atoms with Crippen LogP contribution in [0, 0.1) is 0 Å². The second-order valence-corrected chi connectivity index (χ2v) is 9.18. The van der Waals surface area contributed by atoms with E-state index < -0.39 is 51.7 Å². The number of hydrogen-bond donors (Lipinski definition) is 1. The molecule has 3 rings (SSSR count). The fourth-order valence-electron chi connectivity index (χ4n) is 2.76. The first-order valence-electron chi connectivity index (χ1n) is 10.0. The highest BCUT2D eigenvalue weighted by atomic mass is 32.2. The van der Waals surface area contributed by atoms with Crippen LogP contribution in [0.25, 0.3) is 0 Å². The fraction of sp³-hybridized carbons (Fsp3) is 0.400. The summed E-state index contributed by atoms with van der Waals surface area (Å²) in [5, 5.41) is 10.3. The summed E-state index contributed by atoms with van der Waals surface area (Å²) in [5.41, 5.74) is 0. The molecule has 2 atom stereocenters. The molecule has 1 unspecified atom stereocenters. The van der Waals surface area contributed by atoms with Crippen molar-refractivity contribution in [3.05, 3.63) is 48.5 Å². The normalized spacial score (nSPS) is 20.6. The third-order valence-electron chi connectivity index (χ3n) is 4.17. The van der Waals surface area contributed by atoms with Crippen LogP contribution in [0.2, 0.25) is 0 Å². The second kappa shape index (κ2) is 8.65. The van der Waals surface area contributed by atoms with Crippen LogP contribution >= 0.6 is 0 Å². The summed E-state index contributed by atoms with van der Waals surface area (Å²) >= 11 is 0. The van der Waals surface area contributed by atoms with Gasteiger partial charge in [0.25, 0.3) is 0 Å². The van der Waals surface area contributed by atoms with Gasteiger partial charge in [0.1, 0.15) is 23.4 Å². The molecule has 0 amide bonds. The van der Waals surface area contributed by atoms with Gasteiger partial charge in [-0.3, -0.25) is 0 Å². The van der Waals surface area contributed by atoms with Crippen LogP contribution in [0.3, 0.4) is 0 Å². The third-order valence-corrected chi connectivity index (χ3v) is 5.93. The molecule has 11 heteroatoms. The highest BCUT2D eigenvalue weighted by molar-refractivity contribution is 7.91. The van der Waals surface area contributed by atoms with Gasteiger partial charge in [-0.2, -0.15) is 0 Å². The van der Waals surface area contributed by atoms with Gasteiger partial charge in [0, 0.05) is 0 Å². The lowest BCUT2D eigenvalue weighted by molar-refractivity contribution is -0.274. The molecule has 2 aromatic carbocycles. The van der Waals surface area contributed by atoms with E-state index in [4.69, 9.17) is 17.0 Å². The minimum atomic E-state index is -4.91. The predicted molar refractivity (Wildman–Crippen MR) is 103 cm³/mol. The number of halogens is 3. The van der Waals surface area contributed by atoms with Crippen molar-refractivity contribution in [3.8, 4) is 17.2 Å². The molecule has 1 aliphatic heterocycles. The first-order chi connectivity index (χ1) is 15.2. The Morgan fingerprint density at radius 3 is 2.32 bits per heavy atom. The van der Waals surface area contributed by atoms with Crippen molar-refractivity contribution < 1.29 is 48.4 Å². The Morgan fingerprint density at radius 2 is 1.77 bits per heavy atom. The number of benzene rings is 2. The van der Waals surface area contributed by atoms with E-state index in [1.165, 1.54) is 6.07 Å². The van der Waals surface area contributed by atoms with Crippen LogP contribution in [0.5, 0.6) is 17.2 Å². The van der Waals surface area contributed by atoms with Gasteiger partial charge in [-0.05, 0) is 62.3 Å². The number of hydrogen-bond acceptors (Lipinski definition) is 7. The van der Waals surface area contributed by atoms with Crippen molar-refractivity contribution in [2.24, 2.45) is 0 Å². The molecule has 0 spiro atoms. The monoisotopic (exact) mass is 466 g/mol. The fourth-order valence-corrected chi connectivity index (χ4v) is 4.13. The zero-order chi connectivity index (χ0) is 24.6. The topological polar surface area (TPSA) is 91.3 Å². The highest BCUT2D eigenvalue weighted by Gasteiger charge is 2.38. The molecular formula is C20H21F3O7S. The quantitative estimate of drug-likeness (QED) is 0.666. The highest BCUT2D eigenvalue weighted by Crippen LogP contribution is 2.29. The molecule has 0 aromatic heterocycles. The molecular weight excluding hydrogens is 441 g/mol. The molecule has 0 aliphatic carbocycles. The van der Waals surface area contributed by atoms with E-state index in [0.29, 0.717) is 0 Å². The maximum absolute atomic E-state index is 12.7. The Kier molecular flexibility index (Phi) is 5.74. The van der Waals surface area contributed by atoms with Gasteiger partial charge >= 0.3 is 6.36 Å². The number of rotatable bonds is 7. The summed E-state index contributed by atoms with van der Waals surface area (Å²) in [6.45, 7) is 3.30. The summed E-state index contributed by atoms with van der Waals surface area (Å²) in [4.78, 5) is -0.239. The van der Waals surface area contributed by atoms with E-state index >= 15 is 0 Å². The van der Waals surface area contributed by atoms with Gasteiger partial charge in [0.05, 0.1) is 26.1 Å². The Bertz CT molecular complexity index is 1120. The number of aliphatic hydroxyl groups is 1. The minimum Gasteiger partial charge on any atom is -0.457 e. The van der Waals surface area contributed by atoms with Gasteiger partial charge in [-0.1, -0.05) is 0 Å². The summed E-state index contributed by atoms with van der Waals surface area (Å²) in [6, 6.07) is 5.38. The molecule has 1 fully saturated rings. The Balaban J connectivity index is 1.72. The zero-order valence-corrected chi connectivity index (χ0v) is 17.3. The van der Waals surface area contributed by atoms with Crippen LogP contribution in [-0.4, -0.2) is 50.2 Å². The maximum atomic E-state index is 12.7. The molecule has 1 aliphatic rings. The molecule has 1 saturated heterocycles. The average Bonchev–Trinajstić information content (AvgIpc) is 3.03. The summed E-state index contributed by atoms with van der Waals surface area (Å²) in [7, 11) is -4.00. The Labute approximate surface area is 180 Å². The molecule has 7 nitrogen and oxygen atoms in total. The predicted octanol–water partition coefficient (Wildman–Crippen LogP) is 3.66. The SMILES string of the molecule is [3H]c1cc(OC(F)(F)F)ccc1Oc1ccc(S(=O)(=O)CC(O)[C@H]2COC(C)(C)O2)cc1[3H]. The number of aliphatic hydroxyl groups excluding tert-OH is 1. The van der Waals surface area contributed by atoms with E-state index in [0.717, 1.165) is 30.3 Å². The lowest BCUT2D eigenvalue weighted by atomic mass is 10.2. The number of ether oxygens (including phenoxy) is 4. The van der Waals surface area contributed by atoms with E-state index in [9.17, 15) is 26.7 Å². The van der Waals surface area contributed by atoms with Crippen LogP contribution in [-0.2, 0) is 19.3 Å². The van der Waals surface area contributed by atoms with Gasteiger partial charge in [-0.25, -0.2) is 8.42 Å². The van der Waals surface area contributed by atoms with Crippen molar-refractivity contribution in [2.45, 2.75) is 43.1 Å². The Hall–Kier alpha value is -2.34. The molecule has 170 valence electrons. The largest absolute Gasteiger partial charge is 0.573 e. The van der Waals surface area contributed by atoms with Crippen molar-refractivity contribution in [2.75, 3.05) is 12.4 Å². The maximum Gasteiger partial charge on any atom is 0.573 e. The van der Waals surface area contributed by atoms with Crippen molar-refractivity contribution in [3.63, 3.8) is 0 Å². The molecule has 2 aromatic rings. The van der Waals surface area contributed by atoms with Crippen molar-refractivity contribution >= 4 is 9.84 Å². The Morgan fingerprint density at radius 1 is 1.16 bits per heavy atom.